The number of rotatable bonds is 6. The van der Waals surface area contributed by atoms with Crippen molar-refractivity contribution < 1.29 is 13.9 Å². The Kier molecular flexibility index (Phi) is 5.31. The third-order valence-corrected chi connectivity index (χ3v) is 5.21. The van der Waals surface area contributed by atoms with Crippen molar-refractivity contribution in [3.63, 3.8) is 0 Å². The van der Waals surface area contributed by atoms with Gasteiger partial charge in [-0.3, -0.25) is 0 Å². The lowest BCUT2D eigenvalue weighted by atomic mass is 10.1. The molecule has 0 bridgehead atoms. The number of halogens is 1. The summed E-state index contributed by atoms with van der Waals surface area (Å²) in [5, 5.41) is 14.0. The number of tetrazole rings is 1. The summed E-state index contributed by atoms with van der Waals surface area (Å²) in [6.07, 6.45) is 0. The minimum absolute atomic E-state index is 0.209. The molecule has 9 heteroatoms. The number of thioether (sulfide) groups is 1. The summed E-state index contributed by atoms with van der Waals surface area (Å²) >= 11 is 7.35. The Labute approximate surface area is 169 Å². The highest BCUT2D eigenvalue weighted by Crippen LogP contribution is 2.32. The van der Waals surface area contributed by atoms with Crippen LogP contribution in [0.25, 0.3) is 16.7 Å². The molecule has 4 aromatic rings. The van der Waals surface area contributed by atoms with E-state index >= 15 is 0 Å². The van der Waals surface area contributed by atoms with Gasteiger partial charge in [0.25, 0.3) is 0 Å². The molecular formula is C19H15ClN4O3S. The van der Waals surface area contributed by atoms with Gasteiger partial charge < -0.3 is 9.15 Å². The average molecular weight is 415 g/mol. The van der Waals surface area contributed by atoms with Gasteiger partial charge in [0, 0.05) is 21.7 Å². The number of carbonyl (C=O) groups is 1. The smallest absolute Gasteiger partial charge is 0.374 e. The van der Waals surface area contributed by atoms with E-state index in [0.29, 0.717) is 21.5 Å². The Hall–Kier alpha value is -2.84. The second kappa shape index (κ2) is 8.04. The van der Waals surface area contributed by atoms with Gasteiger partial charge in [0.1, 0.15) is 5.58 Å². The standard InChI is InChI=1S/C19H15ClN4O3S/c1-2-26-18(25)17-15(14-5-3-4-6-16(14)27-17)11-28-19-21-22-23-24(19)13-9-7-12(20)8-10-13/h3-10H,2,11H2,1H3. The lowest BCUT2D eigenvalue weighted by Crippen LogP contribution is -2.06. The van der Waals surface area contributed by atoms with Crippen molar-refractivity contribution in [1.29, 1.82) is 0 Å². The van der Waals surface area contributed by atoms with Crippen LogP contribution in [0.2, 0.25) is 5.02 Å². The van der Waals surface area contributed by atoms with Gasteiger partial charge in [0.2, 0.25) is 10.9 Å². The summed E-state index contributed by atoms with van der Waals surface area (Å²) in [4.78, 5) is 12.3. The first-order valence-corrected chi connectivity index (χ1v) is 9.88. The maximum atomic E-state index is 12.3. The Morgan fingerprint density at radius 1 is 1.21 bits per heavy atom. The van der Waals surface area contributed by atoms with Crippen LogP contribution in [0.4, 0.5) is 0 Å². The average Bonchev–Trinajstić information content (AvgIpc) is 3.31. The third-order valence-electron chi connectivity index (χ3n) is 4.02. The van der Waals surface area contributed by atoms with E-state index in [9.17, 15) is 4.79 Å². The highest BCUT2D eigenvalue weighted by molar-refractivity contribution is 7.98. The van der Waals surface area contributed by atoms with Gasteiger partial charge in [0.15, 0.2) is 0 Å². The van der Waals surface area contributed by atoms with Crippen molar-refractivity contribution in [2.75, 3.05) is 6.61 Å². The van der Waals surface area contributed by atoms with Crippen LogP contribution in [-0.4, -0.2) is 32.8 Å². The molecule has 0 fully saturated rings. The van der Waals surface area contributed by atoms with Crippen LogP contribution in [0, 0.1) is 0 Å². The van der Waals surface area contributed by atoms with E-state index in [1.54, 1.807) is 23.7 Å². The second-order valence-electron chi connectivity index (χ2n) is 5.76. The molecule has 0 aliphatic carbocycles. The molecule has 2 aromatic carbocycles. The molecule has 28 heavy (non-hydrogen) atoms. The fraction of sp³-hybridized carbons (Fsp3) is 0.158. The van der Waals surface area contributed by atoms with Crippen LogP contribution in [0.15, 0.2) is 58.1 Å². The van der Waals surface area contributed by atoms with Gasteiger partial charge in [0.05, 0.1) is 12.3 Å². The van der Waals surface area contributed by atoms with Crippen LogP contribution in [0.1, 0.15) is 23.0 Å². The molecule has 142 valence electrons. The summed E-state index contributed by atoms with van der Waals surface area (Å²) < 4.78 is 12.5. The number of esters is 1. The van der Waals surface area contributed by atoms with Crippen LogP contribution in [0.3, 0.4) is 0 Å². The van der Waals surface area contributed by atoms with Crippen LogP contribution in [0.5, 0.6) is 0 Å². The van der Waals surface area contributed by atoms with Crippen molar-refractivity contribution in [3.8, 4) is 5.69 Å². The number of ether oxygens (including phenoxy) is 1. The van der Waals surface area contributed by atoms with E-state index in [4.69, 9.17) is 20.8 Å². The molecular weight excluding hydrogens is 400 g/mol. The van der Waals surface area contributed by atoms with Crippen molar-refractivity contribution in [1.82, 2.24) is 20.2 Å². The van der Waals surface area contributed by atoms with Gasteiger partial charge in [-0.05, 0) is 47.7 Å². The fourth-order valence-corrected chi connectivity index (χ4v) is 3.80. The van der Waals surface area contributed by atoms with Crippen LogP contribution < -0.4 is 0 Å². The number of para-hydroxylation sites is 1. The monoisotopic (exact) mass is 414 g/mol. The minimum atomic E-state index is -0.480. The van der Waals surface area contributed by atoms with Gasteiger partial charge in [-0.2, -0.15) is 4.68 Å². The van der Waals surface area contributed by atoms with Gasteiger partial charge in [-0.1, -0.05) is 41.6 Å². The molecule has 0 radical (unpaired) electrons. The first kappa shape index (κ1) is 18.5. The van der Waals surface area contributed by atoms with Crippen LogP contribution in [-0.2, 0) is 10.5 Å². The molecule has 7 nitrogen and oxygen atoms in total. The van der Waals surface area contributed by atoms with Gasteiger partial charge in [-0.25, -0.2) is 4.79 Å². The molecule has 0 saturated heterocycles. The Morgan fingerprint density at radius 3 is 2.79 bits per heavy atom. The number of carbonyl (C=O) groups excluding carboxylic acids is 1. The SMILES string of the molecule is CCOC(=O)c1oc2ccccc2c1CSc1nnnn1-c1ccc(Cl)cc1. The zero-order valence-electron chi connectivity index (χ0n) is 14.8. The van der Waals surface area contributed by atoms with Crippen molar-refractivity contribution in [2.24, 2.45) is 0 Å². The number of nitrogens with zero attached hydrogens (tertiary/aromatic N) is 4. The molecule has 0 unspecified atom stereocenters. The number of furan rings is 1. The molecule has 2 aromatic heterocycles. The first-order valence-electron chi connectivity index (χ1n) is 8.52. The zero-order chi connectivity index (χ0) is 19.5. The van der Waals surface area contributed by atoms with E-state index in [-0.39, 0.29) is 12.4 Å². The van der Waals surface area contributed by atoms with Gasteiger partial charge >= 0.3 is 5.97 Å². The summed E-state index contributed by atoms with van der Waals surface area (Å²) in [5.74, 6) is 0.173. The van der Waals surface area contributed by atoms with Crippen LogP contribution >= 0.6 is 23.4 Å². The number of fused-ring (bicyclic) bond motifs is 1. The quantitative estimate of drug-likeness (QED) is 0.338. The highest BCUT2D eigenvalue weighted by Gasteiger charge is 2.22. The van der Waals surface area contributed by atoms with Crippen molar-refractivity contribution in [2.45, 2.75) is 17.8 Å². The predicted octanol–water partition coefficient (Wildman–Crippen LogP) is 4.53. The first-order chi connectivity index (χ1) is 13.7. The lowest BCUT2D eigenvalue weighted by molar-refractivity contribution is 0.0491. The molecule has 0 amide bonds. The minimum Gasteiger partial charge on any atom is -0.460 e. The molecule has 2 heterocycles. The Bertz CT molecular complexity index is 1120. The number of hydrogen-bond acceptors (Lipinski definition) is 7. The lowest BCUT2D eigenvalue weighted by Gasteiger charge is -2.05. The summed E-state index contributed by atoms with van der Waals surface area (Å²) in [5.41, 5.74) is 2.18. The third kappa shape index (κ3) is 3.61. The maximum Gasteiger partial charge on any atom is 0.374 e. The molecule has 0 atom stereocenters. The fourth-order valence-electron chi connectivity index (χ4n) is 2.75. The number of aromatic nitrogens is 4. The second-order valence-corrected chi connectivity index (χ2v) is 7.14. The Morgan fingerprint density at radius 2 is 2.00 bits per heavy atom. The molecule has 0 aliphatic rings. The van der Waals surface area contributed by atoms with Crippen molar-refractivity contribution in [3.05, 3.63) is 64.9 Å². The van der Waals surface area contributed by atoms with E-state index in [1.807, 2.05) is 36.4 Å². The van der Waals surface area contributed by atoms with Gasteiger partial charge in [-0.15, -0.1) is 5.10 Å². The van der Waals surface area contributed by atoms with Crippen molar-refractivity contribution >= 4 is 40.3 Å². The normalized spacial score (nSPS) is 11.1. The molecule has 4 rings (SSSR count). The summed E-state index contributed by atoms with van der Waals surface area (Å²) in [6, 6.07) is 14.7. The number of benzene rings is 2. The Balaban J connectivity index is 1.65. The number of hydrogen-bond donors (Lipinski definition) is 0. The van der Waals surface area contributed by atoms with E-state index in [0.717, 1.165) is 16.6 Å². The summed E-state index contributed by atoms with van der Waals surface area (Å²) in [6.45, 7) is 2.03. The predicted molar refractivity (Wildman–Crippen MR) is 106 cm³/mol. The van der Waals surface area contributed by atoms with E-state index < -0.39 is 5.97 Å². The highest BCUT2D eigenvalue weighted by atomic mass is 35.5. The zero-order valence-corrected chi connectivity index (χ0v) is 16.4. The molecule has 0 aliphatic heterocycles. The molecule has 0 spiro atoms. The largest absolute Gasteiger partial charge is 0.460 e. The van der Waals surface area contributed by atoms with E-state index in [2.05, 4.69) is 15.5 Å². The topological polar surface area (TPSA) is 83.0 Å². The maximum absolute atomic E-state index is 12.3. The summed E-state index contributed by atoms with van der Waals surface area (Å²) in [7, 11) is 0. The molecule has 0 N–H and O–H groups in total. The van der Waals surface area contributed by atoms with E-state index in [1.165, 1.54) is 11.8 Å². The molecule has 0 saturated carbocycles.